The van der Waals surface area contributed by atoms with E-state index in [0.717, 1.165) is 0 Å². The molecular formula is C18H36. The Bertz CT molecular complexity index is 178. The number of hydrogen-bond donors (Lipinski definition) is 0. The summed E-state index contributed by atoms with van der Waals surface area (Å²) in [5.74, 6) is 0. The Hall–Kier alpha value is -0.260. The summed E-state index contributed by atoms with van der Waals surface area (Å²) in [5, 5.41) is 0. The number of rotatable bonds is 13. The lowest BCUT2D eigenvalue weighted by Gasteiger charge is -2.02. The van der Waals surface area contributed by atoms with Crippen molar-refractivity contribution in [2.75, 3.05) is 0 Å². The van der Waals surface area contributed by atoms with Gasteiger partial charge in [0.1, 0.15) is 0 Å². The van der Waals surface area contributed by atoms with Crippen molar-refractivity contribution in [3.05, 3.63) is 11.6 Å². The topological polar surface area (TPSA) is 0 Å². The molecule has 0 aliphatic rings. The maximum atomic E-state index is 2.45. The van der Waals surface area contributed by atoms with Gasteiger partial charge in [0.05, 0.1) is 0 Å². The van der Waals surface area contributed by atoms with Crippen LogP contribution in [0.1, 0.15) is 104 Å². The maximum absolute atomic E-state index is 2.45. The lowest BCUT2D eigenvalue weighted by Crippen LogP contribution is -1.82. The molecule has 0 aromatic heterocycles. The third kappa shape index (κ3) is 13.8. The van der Waals surface area contributed by atoms with Crippen LogP contribution in [0.4, 0.5) is 0 Å². The monoisotopic (exact) mass is 252 g/mol. The van der Waals surface area contributed by atoms with E-state index in [0.29, 0.717) is 0 Å². The minimum atomic E-state index is 1.29. The Balaban J connectivity index is 3.09. The molecule has 0 aromatic rings. The molecule has 0 bridgehead atoms. The molecule has 0 nitrogen and oxygen atoms in total. The molecule has 0 heterocycles. The minimum Gasteiger partial charge on any atom is -0.0856 e. The molecule has 0 spiro atoms. The van der Waals surface area contributed by atoms with Gasteiger partial charge in [0.2, 0.25) is 0 Å². The van der Waals surface area contributed by atoms with E-state index in [2.05, 4.69) is 26.8 Å². The van der Waals surface area contributed by atoms with Crippen molar-refractivity contribution in [2.45, 2.75) is 104 Å². The first-order valence-electron chi connectivity index (χ1n) is 8.46. The van der Waals surface area contributed by atoms with Gasteiger partial charge in [-0.15, -0.1) is 0 Å². The van der Waals surface area contributed by atoms with E-state index in [-0.39, 0.29) is 0 Å². The summed E-state index contributed by atoms with van der Waals surface area (Å²) in [7, 11) is 0. The molecule has 18 heavy (non-hydrogen) atoms. The highest BCUT2D eigenvalue weighted by Crippen LogP contribution is 2.12. The molecule has 0 saturated heterocycles. The molecule has 0 aromatic carbocycles. The van der Waals surface area contributed by atoms with Crippen LogP contribution in [0.15, 0.2) is 11.6 Å². The zero-order chi connectivity index (χ0) is 13.5. The van der Waals surface area contributed by atoms with Crippen LogP contribution >= 0.6 is 0 Å². The van der Waals surface area contributed by atoms with Gasteiger partial charge in [-0.2, -0.15) is 0 Å². The quantitative estimate of drug-likeness (QED) is 0.243. The van der Waals surface area contributed by atoms with Gasteiger partial charge in [0.25, 0.3) is 0 Å². The van der Waals surface area contributed by atoms with E-state index in [1.807, 2.05) is 0 Å². The molecular weight excluding hydrogens is 216 g/mol. The lowest BCUT2D eigenvalue weighted by molar-refractivity contribution is 0.557. The first-order chi connectivity index (χ1) is 8.81. The average Bonchev–Trinajstić information content (AvgIpc) is 2.36. The van der Waals surface area contributed by atoms with Crippen LogP contribution in [0.3, 0.4) is 0 Å². The summed E-state index contributed by atoms with van der Waals surface area (Å²) in [6.07, 6.45) is 20.7. The molecule has 0 heteroatoms. The van der Waals surface area contributed by atoms with E-state index in [9.17, 15) is 0 Å². The Morgan fingerprint density at radius 3 is 1.67 bits per heavy atom. The van der Waals surface area contributed by atoms with Crippen molar-refractivity contribution in [3.8, 4) is 0 Å². The standard InChI is InChI=1S/C18H36/c1-4-6-7-8-9-10-11-12-13-14-15-17-18(3)16-5-2/h17H,4-16H2,1-3H3/b18-17+. The van der Waals surface area contributed by atoms with Crippen molar-refractivity contribution in [1.29, 1.82) is 0 Å². The zero-order valence-electron chi connectivity index (χ0n) is 13.3. The van der Waals surface area contributed by atoms with Gasteiger partial charge < -0.3 is 0 Å². The summed E-state index contributed by atoms with van der Waals surface area (Å²) in [6, 6.07) is 0. The van der Waals surface area contributed by atoms with E-state index < -0.39 is 0 Å². The molecule has 0 aliphatic heterocycles. The van der Waals surface area contributed by atoms with Gasteiger partial charge >= 0.3 is 0 Å². The summed E-state index contributed by atoms with van der Waals surface area (Å²) in [6.45, 7) is 6.83. The number of unbranched alkanes of at least 4 members (excludes halogenated alkanes) is 10. The van der Waals surface area contributed by atoms with Gasteiger partial charge in [-0.1, -0.05) is 89.7 Å². The second-order valence-electron chi connectivity index (χ2n) is 5.77. The first-order valence-corrected chi connectivity index (χ1v) is 8.46. The van der Waals surface area contributed by atoms with Crippen molar-refractivity contribution in [3.63, 3.8) is 0 Å². The minimum absolute atomic E-state index is 1.29. The molecule has 0 saturated carbocycles. The van der Waals surface area contributed by atoms with Crippen LogP contribution in [0.2, 0.25) is 0 Å². The Morgan fingerprint density at radius 1 is 0.667 bits per heavy atom. The fourth-order valence-corrected chi connectivity index (χ4v) is 2.48. The van der Waals surface area contributed by atoms with Crippen LogP contribution in [-0.4, -0.2) is 0 Å². The van der Waals surface area contributed by atoms with E-state index in [1.54, 1.807) is 5.57 Å². The van der Waals surface area contributed by atoms with E-state index in [4.69, 9.17) is 0 Å². The van der Waals surface area contributed by atoms with Crippen LogP contribution in [-0.2, 0) is 0 Å². The average molecular weight is 252 g/mol. The predicted octanol–water partition coefficient (Wildman–Crippen LogP) is 7.04. The number of hydrogen-bond acceptors (Lipinski definition) is 0. The van der Waals surface area contributed by atoms with E-state index >= 15 is 0 Å². The van der Waals surface area contributed by atoms with Crippen LogP contribution in [0.5, 0.6) is 0 Å². The maximum Gasteiger partial charge on any atom is -0.0326 e. The van der Waals surface area contributed by atoms with Crippen LogP contribution in [0, 0.1) is 0 Å². The van der Waals surface area contributed by atoms with Crippen molar-refractivity contribution < 1.29 is 0 Å². The number of allylic oxidation sites excluding steroid dienone is 2. The Morgan fingerprint density at radius 2 is 1.17 bits per heavy atom. The molecule has 0 radical (unpaired) electrons. The third-order valence-corrected chi connectivity index (χ3v) is 3.69. The molecule has 0 fully saturated rings. The molecule has 0 amide bonds. The highest BCUT2D eigenvalue weighted by atomic mass is 14.0. The molecule has 0 N–H and O–H groups in total. The van der Waals surface area contributed by atoms with Gasteiger partial charge in [-0.05, 0) is 26.2 Å². The summed E-state index contributed by atoms with van der Waals surface area (Å²) < 4.78 is 0. The normalized spacial score (nSPS) is 12.1. The molecule has 0 rings (SSSR count). The second kappa shape index (κ2) is 14.8. The summed E-state index contributed by atoms with van der Waals surface area (Å²) >= 11 is 0. The highest BCUT2D eigenvalue weighted by molar-refractivity contribution is 4.97. The van der Waals surface area contributed by atoms with Gasteiger partial charge in [-0.25, -0.2) is 0 Å². The lowest BCUT2D eigenvalue weighted by atomic mass is 10.0. The Labute approximate surface area is 116 Å². The molecule has 108 valence electrons. The summed E-state index contributed by atoms with van der Waals surface area (Å²) in [5.41, 5.74) is 1.59. The van der Waals surface area contributed by atoms with Gasteiger partial charge in [-0.3, -0.25) is 0 Å². The van der Waals surface area contributed by atoms with Crippen molar-refractivity contribution >= 4 is 0 Å². The first kappa shape index (κ1) is 17.7. The van der Waals surface area contributed by atoms with Crippen molar-refractivity contribution in [1.82, 2.24) is 0 Å². The fourth-order valence-electron chi connectivity index (χ4n) is 2.48. The third-order valence-electron chi connectivity index (χ3n) is 3.69. The molecule has 0 atom stereocenters. The highest BCUT2D eigenvalue weighted by Gasteiger charge is 1.92. The van der Waals surface area contributed by atoms with E-state index in [1.165, 1.54) is 83.5 Å². The largest absolute Gasteiger partial charge is 0.0856 e. The molecule has 0 unspecified atom stereocenters. The van der Waals surface area contributed by atoms with Gasteiger partial charge in [0.15, 0.2) is 0 Å². The summed E-state index contributed by atoms with van der Waals surface area (Å²) in [4.78, 5) is 0. The predicted molar refractivity (Wildman–Crippen MR) is 85.1 cm³/mol. The van der Waals surface area contributed by atoms with Crippen LogP contribution < -0.4 is 0 Å². The zero-order valence-corrected chi connectivity index (χ0v) is 13.3. The SMILES string of the molecule is CCCCCCCCCCCC/C=C(\C)CCC. The second-order valence-corrected chi connectivity index (χ2v) is 5.77. The Kier molecular flexibility index (Phi) is 14.6. The molecule has 0 aliphatic carbocycles. The fraction of sp³-hybridized carbons (Fsp3) is 0.889. The van der Waals surface area contributed by atoms with Crippen molar-refractivity contribution in [2.24, 2.45) is 0 Å². The van der Waals surface area contributed by atoms with Crippen LogP contribution in [0.25, 0.3) is 0 Å². The van der Waals surface area contributed by atoms with Gasteiger partial charge in [0, 0.05) is 0 Å². The smallest absolute Gasteiger partial charge is 0.0326 e.